The molecule has 68 valence electrons. The molecule has 0 saturated heterocycles. The van der Waals surface area contributed by atoms with Crippen molar-refractivity contribution < 1.29 is 4.79 Å². The molecule has 0 radical (unpaired) electrons. The van der Waals surface area contributed by atoms with Gasteiger partial charge in [0, 0.05) is 11.3 Å². The second kappa shape index (κ2) is 3.04. The summed E-state index contributed by atoms with van der Waals surface area (Å²) in [6.45, 7) is 8.01. The predicted molar refractivity (Wildman–Crippen MR) is 50.9 cm³/mol. The summed E-state index contributed by atoms with van der Waals surface area (Å²) in [5.41, 5.74) is -0.152. The lowest BCUT2D eigenvalue weighted by molar-refractivity contribution is -0.127. The number of carbonyl (C=O) groups excluding carboxylic acids is 1. The van der Waals surface area contributed by atoms with Crippen molar-refractivity contribution >= 4 is 5.78 Å². The van der Waals surface area contributed by atoms with Crippen molar-refractivity contribution in [1.29, 1.82) is 0 Å². The van der Waals surface area contributed by atoms with Gasteiger partial charge in [-0.05, 0) is 19.3 Å². The van der Waals surface area contributed by atoms with Crippen LogP contribution in [0.4, 0.5) is 0 Å². The van der Waals surface area contributed by atoms with Crippen LogP contribution in [-0.4, -0.2) is 5.78 Å². The fourth-order valence-corrected chi connectivity index (χ4v) is 1.53. The van der Waals surface area contributed by atoms with Gasteiger partial charge in [-0.15, -0.1) is 0 Å². The highest BCUT2D eigenvalue weighted by Gasteiger charge is 2.44. The van der Waals surface area contributed by atoms with Gasteiger partial charge >= 0.3 is 0 Å². The van der Waals surface area contributed by atoms with E-state index in [0.29, 0.717) is 17.6 Å². The Hall–Kier alpha value is -0.590. The van der Waals surface area contributed by atoms with Crippen LogP contribution in [0.3, 0.4) is 0 Å². The van der Waals surface area contributed by atoms with Crippen LogP contribution in [0.1, 0.15) is 34.1 Å². The molecule has 1 aliphatic carbocycles. The van der Waals surface area contributed by atoms with Gasteiger partial charge in [0.25, 0.3) is 0 Å². The van der Waals surface area contributed by atoms with Crippen molar-refractivity contribution in [2.24, 2.45) is 17.3 Å². The molecule has 0 aromatic rings. The molecule has 1 saturated carbocycles. The summed E-state index contributed by atoms with van der Waals surface area (Å²) >= 11 is 0. The minimum atomic E-state index is -0.152. The van der Waals surface area contributed by atoms with Gasteiger partial charge in [0.05, 0.1) is 0 Å². The molecule has 0 spiro atoms. The van der Waals surface area contributed by atoms with E-state index in [1.165, 1.54) is 0 Å². The summed E-state index contributed by atoms with van der Waals surface area (Å²) in [5, 5.41) is 0. The van der Waals surface area contributed by atoms with Crippen LogP contribution in [-0.2, 0) is 4.79 Å². The van der Waals surface area contributed by atoms with Gasteiger partial charge in [-0.1, -0.05) is 32.9 Å². The minimum absolute atomic E-state index is 0.152. The summed E-state index contributed by atoms with van der Waals surface area (Å²) in [7, 11) is 0. The van der Waals surface area contributed by atoms with Gasteiger partial charge in [-0.25, -0.2) is 0 Å². The molecule has 0 amide bonds. The van der Waals surface area contributed by atoms with Crippen molar-refractivity contribution in [2.45, 2.75) is 34.1 Å². The normalized spacial score (nSPS) is 29.3. The Morgan fingerprint density at radius 1 is 1.42 bits per heavy atom. The molecule has 1 nitrogen and oxygen atoms in total. The van der Waals surface area contributed by atoms with E-state index in [1.807, 2.05) is 33.8 Å². The summed E-state index contributed by atoms with van der Waals surface area (Å²) in [5.74, 6) is 1.29. The standard InChI is InChI=1S/C11H18O/c1-5-6-8-7-9(8)10(12)11(2,3)4/h5-6,8-9H,7H2,1-4H3/b6-5+. The van der Waals surface area contributed by atoms with E-state index in [4.69, 9.17) is 0 Å². The Morgan fingerprint density at radius 3 is 2.42 bits per heavy atom. The van der Waals surface area contributed by atoms with E-state index < -0.39 is 0 Å². The third kappa shape index (κ3) is 1.96. The van der Waals surface area contributed by atoms with Crippen LogP contribution in [0.5, 0.6) is 0 Å². The Balaban J connectivity index is 2.49. The van der Waals surface area contributed by atoms with Crippen LogP contribution in [0.25, 0.3) is 0 Å². The molecule has 1 fully saturated rings. The second-order valence-electron chi connectivity index (χ2n) is 4.65. The van der Waals surface area contributed by atoms with Gasteiger partial charge in [0.15, 0.2) is 0 Å². The van der Waals surface area contributed by atoms with Crippen molar-refractivity contribution in [3.05, 3.63) is 12.2 Å². The number of rotatable bonds is 2. The Labute approximate surface area is 74.9 Å². The molecule has 12 heavy (non-hydrogen) atoms. The molecule has 2 atom stereocenters. The average molecular weight is 166 g/mol. The van der Waals surface area contributed by atoms with Crippen LogP contribution in [0.15, 0.2) is 12.2 Å². The molecule has 0 aromatic heterocycles. The lowest BCUT2D eigenvalue weighted by Crippen LogP contribution is -2.22. The van der Waals surface area contributed by atoms with E-state index >= 15 is 0 Å². The molecular weight excluding hydrogens is 148 g/mol. The molecule has 1 rings (SSSR count). The highest BCUT2D eigenvalue weighted by atomic mass is 16.1. The first-order valence-corrected chi connectivity index (χ1v) is 4.64. The Bertz CT molecular complexity index is 208. The van der Waals surface area contributed by atoms with Crippen LogP contribution in [0, 0.1) is 17.3 Å². The van der Waals surface area contributed by atoms with Gasteiger partial charge in [-0.2, -0.15) is 0 Å². The maximum Gasteiger partial charge on any atom is 0.141 e. The van der Waals surface area contributed by atoms with E-state index in [0.717, 1.165) is 6.42 Å². The molecule has 0 N–H and O–H groups in total. The molecule has 2 unspecified atom stereocenters. The molecular formula is C11H18O. The second-order valence-corrected chi connectivity index (χ2v) is 4.65. The summed E-state index contributed by atoms with van der Waals surface area (Å²) in [4.78, 5) is 11.7. The number of carbonyl (C=O) groups is 1. The molecule has 1 heteroatoms. The fraction of sp³-hybridized carbons (Fsp3) is 0.727. The fourth-order valence-electron chi connectivity index (χ4n) is 1.53. The maximum absolute atomic E-state index is 11.7. The van der Waals surface area contributed by atoms with Gasteiger partial charge in [-0.3, -0.25) is 4.79 Å². The third-order valence-electron chi connectivity index (χ3n) is 2.36. The SMILES string of the molecule is C/C=C/C1CC1C(=O)C(C)(C)C. The Kier molecular flexibility index (Phi) is 2.41. The molecule has 0 aliphatic heterocycles. The highest BCUT2D eigenvalue weighted by molar-refractivity contribution is 5.88. The van der Waals surface area contributed by atoms with E-state index in [1.54, 1.807) is 0 Å². The molecule has 0 heterocycles. The zero-order chi connectivity index (χ0) is 9.35. The first-order valence-electron chi connectivity index (χ1n) is 4.64. The van der Waals surface area contributed by atoms with Crippen molar-refractivity contribution in [3.8, 4) is 0 Å². The number of ketones is 1. The van der Waals surface area contributed by atoms with Crippen molar-refractivity contribution in [3.63, 3.8) is 0 Å². The highest BCUT2D eigenvalue weighted by Crippen LogP contribution is 2.44. The monoisotopic (exact) mass is 166 g/mol. The molecule has 0 aromatic carbocycles. The van der Waals surface area contributed by atoms with Crippen molar-refractivity contribution in [2.75, 3.05) is 0 Å². The molecule has 0 bridgehead atoms. The van der Waals surface area contributed by atoms with Gasteiger partial charge < -0.3 is 0 Å². The first kappa shape index (κ1) is 9.50. The number of hydrogen-bond donors (Lipinski definition) is 0. The van der Waals surface area contributed by atoms with Crippen LogP contribution in [0.2, 0.25) is 0 Å². The quantitative estimate of drug-likeness (QED) is 0.576. The third-order valence-corrected chi connectivity index (χ3v) is 2.36. The van der Waals surface area contributed by atoms with Gasteiger partial charge in [0.2, 0.25) is 0 Å². The zero-order valence-electron chi connectivity index (χ0n) is 8.42. The number of allylic oxidation sites excluding steroid dienone is 2. The number of hydrogen-bond acceptors (Lipinski definition) is 1. The van der Waals surface area contributed by atoms with Crippen LogP contribution >= 0.6 is 0 Å². The maximum atomic E-state index is 11.7. The number of Topliss-reactive ketones (excluding diaryl/α,β-unsaturated/α-hetero) is 1. The van der Waals surface area contributed by atoms with Gasteiger partial charge in [0.1, 0.15) is 5.78 Å². The van der Waals surface area contributed by atoms with Crippen LogP contribution < -0.4 is 0 Å². The summed E-state index contributed by atoms with van der Waals surface area (Å²) in [6.07, 6.45) is 5.26. The average Bonchev–Trinajstić information content (AvgIpc) is 2.65. The topological polar surface area (TPSA) is 17.1 Å². The predicted octanol–water partition coefficient (Wildman–Crippen LogP) is 2.81. The lowest BCUT2D eigenvalue weighted by atomic mass is 9.87. The largest absolute Gasteiger partial charge is 0.299 e. The Morgan fingerprint density at radius 2 is 2.00 bits per heavy atom. The van der Waals surface area contributed by atoms with E-state index in [-0.39, 0.29) is 5.41 Å². The van der Waals surface area contributed by atoms with E-state index in [9.17, 15) is 4.79 Å². The lowest BCUT2D eigenvalue weighted by Gasteiger charge is -2.15. The smallest absolute Gasteiger partial charge is 0.141 e. The molecule has 1 aliphatic rings. The first-order chi connectivity index (χ1) is 5.46. The summed E-state index contributed by atoms with van der Waals surface area (Å²) in [6, 6.07) is 0. The zero-order valence-corrected chi connectivity index (χ0v) is 8.42. The van der Waals surface area contributed by atoms with Crippen molar-refractivity contribution in [1.82, 2.24) is 0 Å². The minimum Gasteiger partial charge on any atom is -0.299 e. The van der Waals surface area contributed by atoms with E-state index in [2.05, 4.69) is 6.08 Å². The summed E-state index contributed by atoms with van der Waals surface area (Å²) < 4.78 is 0.